The fraction of sp³-hybridized carbons (Fsp3) is 0.111. The summed E-state index contributed by atoms with van der Waals surface area (Å²) in [7, 11) is 0. The van der Waals surface area contributed by atoms with Gasteiger partial charge in [0.25, 0.3) is 5.91 Å². The molecule has 1 heterocycles. The minimum Gasteiger partial charge on any atom is -0.480 e. The van der Waals surface area contributed by atoms with Crippen LogP contribution in [0.4, 0.5) is 0 Å². The number of amides is 1. The molecule has 6 heteroatoms. The second-order valence-electron chi connectivity index (χ2n) is 5.30. The van der Waals surface area contributed by atoms with Crippen molar-refractivity contribution >= 4 is 22.9 Å². The van der Waals surface area contributed by atoms with Crippen LogP contribution in [0, 0.1) is 0 Å². The first-order valence-electron chi connectivity index (χ1n) is 7.43. The molecule has 6 nitrogen and oxygen atoms in total. The van der Waals surface area contributed by atoms with Crippen LogP contribution in [0.25, 0.3) is 11.0 Å². The van der Waals surface area contributed by atoms with Crippen LogP contribution in [-0.2, 0) is 11.2 Å². The van der Waals surface area contributed by atoms with Crippen molar-refractivity contribution in [3.8, 4) is 0 Å². The lowest BCUT2D eigenvalue weighted by Crippen LogP contribution is -2.42. The largest absolute Gasteiger partial charge is 0.480 e. The highest BCUT2D eigenvalue weighted by atomic mass is 16.4. The van der Waals surface area contributed by atoms with Gasteiger partial charge in [-0.2, -0.15) is 0 Å². The van der Waals surface area contributed by atoms with Gasteiger partial charge in [0.15, 0.2) is 0 Å². The van der Waals surface area contributed by atoms with Crippen LogP contribution in [0.2, 0.25) is 0 Å². The Morgan fingerprint density at radius 3 is 2.38 bits per heavy atom. The van der Waals surface area contributed by atoms with Gasteiger partial charge in [0, 0.05) is 6.42 Å². The van der Waals surface area contributed by atoms with E-state index in [0.29, 0.717) is 11.0 Å². The Morgan fingerprint density at radius 1 is 1.00 bits per heavy atom. The normalized spacial score (nSPS) is 11.8. The minimum absolute atomic E-state index is 0.0908. The fourth-order valence-corrected chi connectivity index (χ4v) is 2.35. The molecule has 3 aromatic rings. The van der Waals surface area contributed by atoms with Crippen LogP contribution in [0.15, 0.2) is 60.8 Å². The van der Waals surface area contributed by atoms with Crippen LogP contribution in [0.3, 0.4) is 0 Å². The molecule has 1 atom stereocenters. The zero-order valence-electron chi connectivity index (χ0n) is 12.7. The highest BCUT2D eigenvalue weighted by molar-refractivity contribution is 5.96. The third kappa shape index (κ3) is 3.55. The minimum atomic E-state index is -1.10. The summed E-state index contributed by atoms with van der Waals surface area (Å²) in [5, 5.41) is 11.9. The molecule has 0 bridgehead atoms. The lowest BCUT2D eigenvalue weighted by Gasteiger charge is -2.14. The number of rotatable bonds is 5. The fourth-order valence-electron chi connectivity index (χ4n) is 2.35. The topological polar surface area (TPSA) is 92.2 Å². The first-order chi connectivity index (χ1) is 11.6. The van der Waals surface area contributed by atoms with E-state index >= 15 is 0 Å². The van der Waals surface area contributed by atoms with Gasteiger partial charge in [-0.1, -0.05) is 42.5 Å². The van der Waals surface area contributed by atoms with Crippen molar-refractivity contribution in [2.45, 2.75) is 12.5 Å². The number of nitrogens with one attached hydrogen (secondary N) is 1. The second kappa shape index (κ2) is 6.87. The maximum atomic E-state index is 12.3. The second-order valence-corrected chi connectivity index (χ2v) is 5.30. The van der Waals surface area contributed by atoms with Gasteiger partial charge in [0.2, 0.25) is 0 Å². The number of benzene rings is 2. The van der Waals surface area contributed by atoms with Crippen LogP contribution < -0.4 is 5.32 Å². The predicted molar refractivity (Wildman–Crippen MR) is 88.6 cm³/mol. The van der Waals surface area contributed by atoms with E-state index in [0.717, 1.165) is 5.56 Å². The molecule has 0 aliphatic carbocycles. The van der Waals surface area contributed by atoms with Crippen molar-refractivity contribution in [2.75, 3.05) is 0 Å². The van der Waals surface area contributed by atoms with E-state index in [4.69, 9.17) is 0 Å². The number of carbonyl (C=O) groups is 2. The summed E-state index contributed by atoms with van der Waals surface area (Å²) < 4.78 is 0. The number of nitrogens with zero attached hydrogens (tertiary/aromatic N) is 2. The van der Waals surface area contributed by atoms with Gasteiger partial charge in [-0.3, -0.25) is 9.78 Å². The third-order valence-corrected chi connectivity index (χ3v) is 3.57. The van der Waals surface area contributed by atoms with E-state index in [-0.39, 0.29) is 12.1 Å². The molecule has 1 aromatic heterocycles. The third-order valence-electron chi connectivity index (χ3n) is 3.57. The van der Waals surface area contributed by atoms with E-state index in [2.05, 4.69) is 15.3 Å². The lowest BCUT2D eigenvalue weighted by atomic mass is 10.1. The number of aromatic nitrogens is 2. The van der Waals surface area contributed by atoms with Crippen LogP contribution in [-0.4, -0.2) is 33.0 Å². The monoisotopic (exact) mass is 321 g/mol. The Kier molecular flexibility index (Phi) is 4.47. The number of carbonyl (C=O) groups excluding carboxylic acids is 1. The summed E-state index contributed by atoms with van der Waals surface area (Å²) in [4.78, 5) is 32.1. The smallest absolute Gasteiger partial charge is 0.326 e. The Bertz CT molecular complexity index is 881. The number of carboxylic acid groups (broad SMARTS) is 1. The Balaban J connectivity index is 1.78. The van der Waals surface area contributed by atoms with Crippen molar-refractivity contribution in [2.24, 2.45) is 0 Å². The van der Waals surface area contributed by atoms with Crippen molar-refractivity contribution < 1.29 is 14.7 Å². The lowest BCUT2D eigenvalue weighted by molar-refractivity contribution is -0.139. The SMILES string of the molecule is O=C(N[C@@H](Cc1ccccc1)C(=O)O)c1cnc2ccccc2n1. The summed E-state index contributed by atoms with van der Waals surface area (Å²) in [6.07, 6.45) is 1.54. The Labute approximate surface area is 138 Å². The molecule has 1 amide bonds. The Hall–Kier alpha value is -3.28. The van der Waals surface area contributed by atoms with Gasteiger partial charge in [-0.15, -0.1) is 0 Å². The quantitative estimate of drug-likeness (QED) is 0.750. The van der Waals surface area contributed by atoms with Gasteiger partial charge < -0.3 is 10.4 Å². The molecule has 0 aliphatic heterocycles. The Morgan fingerprint density at radius 2 is 1.67 bits per heavy atom. The van der Waals surface area contributed by atoms with E-state index < -0.39 is 17.9 Å². The molecule has 24 heavy (non-hydrogen) atoms. The van der Waals surface area contributed by atoms with Crippen LogP contribution in [0.1, 0.15) is 16.1 Å². The molecule has 2 aromatic carbocycles. The number of para-hydroxylation sites is 2. The number of hydrogen-bond acceptors (Lipinski definition) is 4. The van der Waals surface area contributed by atoms with Crippen LogP contribution >= 0.6 is 0 Å². The van der Waals surface area contributed by atoms with Crippen molar-refractivity contribution in [3.05, 3.63) is 72.1 Å². The van der Waals surface area contributed by atoms with Crippen molar-refractivity contribution in [1.82, 2.24) is 15.3 Å². The summed E-state index contributed by atoms with van der Waals surface area (Å²) in [6, 6.07) is 15.3. The molecular weight excluding hydrogens is 306 g/mol. The highest BCUT2D eigenvalue weighted by Gasteiger charge is 2.22. The zero-order chi connectivity index (χ0) is 16.9. The first kappa shape index (κ1) is 15.6. The molecule has 0 aliphatic rings. The molecule has 0 saturated heterocycles. The zero-order valence-corrected chi connectivity index (χ0v) is 12.7. The molecular formula is C18H15N3O3. The summed E-state index contributed by atoms with van der Waals surface area (Å²) >= 11 is 0. The summed E-state index contributed by atoms with van der Waals surface area (Å²) in [5.74, 6) is -1.66. The van der Waals surface area contributed by atoms with Crippen molar-refractivity contribution in [1.29, 1.82) is 0 Å². The highest BCUT2D eigenvalue weighted by Crippen LogP contribution is 2.09. The summed E-state index contributed by atoms with van der Waals surface area (Å²) in [5.41, 5.74) is 2.18. The van der Waals surface area contributed by atoms with E-state index in [1.165, 1.54) is 6.20 Å². The molecule has 2 N–H and O–H groups in total. The molecule has 0 saturated carbocycles. The first-order valence-corrected chi connectivity index (χ1v) is 7.43. The molecule has 0 fully saturated rings. The van der Waals surface area contributed by atoms with Gasteiger partial charge in [-0.05, 0) is 17.7 Å². The van der Waals surface area contributed by atoms with Crippen molar-refractivity contribution in [3.63, 3.8) is 0 Å². The van der Waals surface area contributed by atoms with Crippen LogP contribution in [0.5, 0.6) is 0 Å². The average molecular weight is 321 g/mol. The molecule has 0 spiro atoms. The van der Waals surface area contributed by atoms with E-state index in [1.807, 2.05) is 36.4 Å². The summed E-state index contributed by atoms with van der Waals surface area (Å²) in [6.45, 7) is 0. The van der Waals surface area contributed by atoms with Gasteiger partial charge in [0.05, 0.1) is 17.2 Å². The standard InChI is InChI=1S/C18H15N3O3/c22-17(16-11-19-13-8-4-5-9-14(13)20-16)21-15(18(23)24)10-12-6-2-1-3-7-12/h1-9,11,15H,10H2,(H,21,22)(H,23,24)/t15-/m0/s1. The number of hydrogen-bond donors (Lipinski definition) is 2. The maximum absolute atomic E-state index is 12.3. The molecule has 0 unspecified atom stereocenters. The molecule has 3 rings (SSSR count). The molecule has 0 radical (unpaired) electrons. The van der Waals surface area contributed by atoms with Gasteiger partial charge in [-0.25, -0.2) is 9.78 Å². The number of fused-ring (bicyclic) bond motifs is 1. The van der Waals surface area contributed by atoms with E-state index in [9.17, 15) is 14.7 Å². The van der Waals surface area contributed by atoms with Gasteiger partial charge >= 0.3 is 5.97 Å². The number of aliphatic carboxylic acids is 1. The predicted octanol–water partition coefficient (Wildman–Crippen LogP) is 2.06. The van der Waals surface area contributed by atoms with Gasteiger partial charge in [0.1, 0.15) is 11.7 Å². The maximum Gasteiger partial charge on any atom is 0.326 e. The molecule has 120 valence electrons. The van der Waals surface area contributed by atoms with E-state index in [1.54, 1.807) is 18.2 Å². The number of carboxylic acids is 1. The average Bonchev–Trinajstić information content (AvgIpc) is 2.61.